The zero-order chi connectivity index (χ0) is 14.6. The number of sulfonamides is 1. The highest BCUT2D eigenvalue weighted by molar-refractivity contribution is 7.89. The van der Waals surface area contributed by atoms with E-state index in [-0.39, 0.29) is 22.3 Å². The van der Waals surface area contributed by atoms with Crippen LogP contribution < -0.4 is 10.5 Å². The number of nitrogens with one attached hydrogen (secondary N) is 1. The Labute approximate surface area is 112 Å². The van der Waals surface area contributed by atoms with Crippen LogP contribution in [0.25, 0.3) is 0 Å². The molecule has 7 nitrogen and oxygen atoms in total. The number of nitrogen functional groups attached to an aromatic ring is 1. The average Bonchev–Trinajstić information content (AvgIpc) is 2.35. The van der Waals surface area contributed by atoms with Crippen LogP contribution >= 0.6 is 0 Å². The van der Waals surface area contributed by atoms with Gasteiger partial charge in [0.2, 0.25) is 10.0 Å². The van der Waals surface area contributed by atoms with E-state index in [1.807, 2.05) is 13.8 Å². The number of rotatable bonds is 6. The smallest absolute Gasteiger partial charge is 0.292 e. The predicted octanol–water partition coefficient (Wildman–Crippen LogP) is 1.64. The number of nitrogens with zero attached hydrogens (tertiary/aromatic N) is 1. The van der Waals surface area contributed by atoms with Crippen LogP contribution in [-0.2, 0) is 10.0 Å². The number of nitro benzene ring substituents is 1. The van der Waals surface area contributed by atoms with E-state index >= 15 is 0 Å². The third-order valence-electron chi connectivity index (χ3n) is 2.81. The summed E-state index contributed by atoms with van der Waals surface area (Å²) in [5.74, 6) is 0. The highest BCUT2D eigenvalue weighted by Gasteiger charge is 2.21. The van der Waals surface area contributed by atoms with Gasteiger partial charge in [-0.2, -0.15) is 0 Å². The molecule has 0 radical (unpaired) electrons. The van der Waals surface area contributed by atoms with Gasteiger partial charge in [-0.05, 0) is 25.0 Å². The largest absolute Gasteiger partial charge is 0.393 e. The van der Waals surface area contributed by atoms with Crippen molar-refractivity contribution < 1.29 is 13.3 Å². The van der Waals surface area contributed by atoms with Crippen LogP contribution in [0.15, 0.2) is 23.1 Å². The van der Waals surface area contributed by atoms with Gasteiger partial charge in [-0.25, -0.2) is 13.1 Å². The third kappa shape index (κ3) is 3.65. The first-order chi connectivity index (χ1) is 8.81. The summed E-state index contributed by atoms with van der Waals surface area (Å²) in [7, 11) is -3.70. The van der Waals surface area contributed by atoms with Crippen molar-refractivity contribution in [3.8, 4) is 0 Å². The predicted molar refractivity (Wildman–Crippen MR) is 72.2 cm³/mol. The summed E-state index contributed by atoms with van der Waals surface area (Å²) in [6.07, 6.45) is 1.33. The summed E-state index contributed by atoms with van der Waals surface area (Å²) in [4.78, 5) is 9.89. The lowest BCUT2D eigenvalue weighted by Crippen LogP contribution is -2.33. The van der Waals surface area contributed by atoms with E-state index in [4.69, 9.17) is 5.73 Å². The Morgan fingerprint density at radius 3 is 2.37 bits per heavy atom. The molecule has 19 heavy (non-hydrogen) atoms. The zero-order valence-corrected chi connectivity index (χ0v) is 11.6. The first kappa shape index (κ1) is 15.4. The summed E-state index contributed by atoms with van der Waals surface area (Å²) >= 11 is 0. The molecule has 1 rings (SSSR count). The molecule has 8 heteroatoms. The topological polar surface area (TPSA) is 115 Å². The Hall–Kier alpha value is -1.67. The molecule has 0 saturated carbocycles. The highest BCUT2D eigenvalue weighted by Crippen LogP contribution is 2.24. The lowest BCUT2D eigenvalue weighted by atomic mass is 10.2. The Balaban J connectivity index is 3.09. The molecule has 0 atom stereocenters. The first-order valence-corrected chi connectivity index (χ1v) is 7.36. The quantitative estimate of drug-likeness (QED) is 0.469. The Morgan fingerprint density at radius 1 is 1.37 bits per heavy atom. The van der Waals surface area contributed by atoms with Crippen LogP contribution in [0.2, 0.25) is 0 Å². The molecule has 1 aromatic rings. The minimum atomic E-state index is -3.70. The summed E-state index contributed by atoms with van der Waals surface area (Å²) in [6.45, 7) is 3.75. The lowest BCUT2D eigenvalue weighted by Gasteiger charge is -2.15. The number of benzene rings is 1. The monoisotopic (exact) mass is 287 g/mol. The molecule has 0 amide bonds. The van der Waals surface area contributed by atoms with E-state index in [1.54, 1.807) is 0 Å². The van der Waals surface area contributed by atoms with Crippen molar-refractivity contribution in [2.24, 2.45) is 0 Å². The van der Waals surface area contributed by atoms with Crippen LogP contribution in [0.3, 0.4) is 0 Å². The number of anilines is 1. The minimum absolute atomic E-state index is 0.0671. The van der Waals surface area contributed by atoms with Crippen LogP contribution in [0, 0.1) is 10.1 Å². The number of hydrogen-bond donors (Lipinski definition) is 2. The summed E-state index contributed by atoms with van der Waals surface area (Å²) in [5.41, 5.74) is 5.01. The van der Waals surface area contributed by atoms with Crippen molar-refractivity contribution >= 4 is 21.4 Å². The molecule has 0 saturated heterocycles. The van der Waals surface area contributed by atoms with Gasteiger partial charge in [0.25, 0.3) is 5.69 Å². The second-order valence-corrected chi connectivity index (χ2v) is 5.83. The molecule has 0 aliphatic heterocycles. The van der Waals surface area contributed by atoms with Gasteiger partial charge in [-0.1, -0.05) is 13.8 Å². The van der Waals surface area contributed by atoms with E-state index in [2.05, 4.69) is 4.72 Å². The number of nitrogens with two attached hydrogens (primary N) is 1. The zero-order valence-electron chi connectivity index (χ0n) is 10.8. The molecular formula is C11H17N3O4S. The molecular weight excluding hydrogens is 270 g/mol. The first-order valence-electron chi connectivity index (χ1n) is 5.88. The van der Waals surface area contributed by atoms with Crippen molar-refractivity contribution in [2.75, 3.05) is 5.73 Å². The maximum Gasteiger partial charge on any atom is 0.292 e. The van der Waals surface area contributed by atoms with Crippen molar-refractivity contribution in [2.45, 2.75) is 37.6 Å². The molecule has 0 fully saturated rings. The van der Waals surface area contributed by atoms with E-state index < -0.39 is 14.9 Å². The number of hydrogen-bond acceptors (Lipinski definition) is 5. The second-order valence-electron chi connectivity index (χ2n) is 4.11. The van der Waals surface area contributed by atoms with E-state index in [9.17, 15) is 18.5 Å². The van der Waals surface area contributed by atoms with E-state index in [1.165, 1.54) is 6.07 Å². The molecule has 0 heterocycles. The molecule has 0 bridgehead atoms. The van der Waals surface area contributed by atoms with Gasteiger partial charge in [-0.3, -0.25) is 10.1 Å². The van der Waals surface area contributed by atoms with Gasteiger partial charge in [-0.15, -0.1) is 0 Å². The molecule has 106 valence electrons. The van der Waals surface area contributed by atoms with Gasteiger partial charge >= 0.3 is 0 Å². The maximum atomic E-state index is 12.1. The van der Waals surface area contributed by atoms with Crippen molar-refractivity contribution in [3.05, 3.63) is 28.3 Å². The van der Waals surface area contributed by atoms with Gasteiger partial charge in [0.05, 0.1) is 9.82 Å². The second kappa shape index (κ2) is 5.98. The van der Waals surface area contributed by atoms with Gasteiger partial charge < -0.3 is 5.73 Å². The fourth-order valence-electron chi connectivity index (χ4n) is 1.61. The van der Waals surface area contributed by atoms with Gasteiger partial charge in [0.1, 0.15) is 5.69 Å². The molecule has 0 aromatic heterocycles. The SMILES string of the molecule is CCC(CC)NS(=O)(=O)c1ccc([N+](=O)[O-])c(N)c1. The van der Waals surface area contributed by atoms with Crippen molar-refractivity contribution in [1.82, 2.24) is 4.72 Å². The summed E-state index contributed by atoms with van der Waals surface area (Å²) < 4.78 is 26.6. The lowest BCUT2D eigenvalue weighted by molar-refractivity contribution is -0.383. The van der Waals surface area contributed by atoms with Gasteiger partial charge in [0.15, 0.2) is 0 Å². The van der Waals surface area contributed by atoms with E-state index in [0.717, 1.165) is 12.1 Å². The number of nitro groups is 1. The van der Waals surface area contributed by atoms with Crippen LogP contribution in [0.5, 0.6) is 0 Å². The van der Waals surface area contributed by atoms with Crippen molar-refractivity contribution in [1.29, 1.82) is 0 Å². The van der Waals surface area contributed by atoms with Crippen LogP contribution in [0.1, 0.15) is 26.7 Å². The third-order valence-corrected chi connectivity index (χ3v) is 4.33. The molecule has 0 aliphatic carbocycles. The molecule has 3 N–H and O–H groups in total. The molecule has 1 aromatic carbocycles. The summed E-state index contributed by atoms with van der Waals surface area (Å²) in [6, 6.07) is 3.21. The average molecular weight is 287 g/mol. The maximum absolute atomic E-state index is 12.1. The Morgan fingerprint density at radius 2 is 1.95 bits per heavy atom. The van der Waals surface area contributed by atoms with Crippen LogP contribution in [0.4, 0.5) is 11.4 Å². The molecule has 0 aliphatic rings. The Kier molecular flexibility index (Phi) is 4.84. The normalized spacial score (nSPS) is 11.7. The summed E-state index contributed by atoms with van der Waals surface area (Å²) in [5, 5.41) is 10.6. The van der Waals surface area contributed by atoms with E-state index in [0.29, 0.717) is 12.8 Å². The van der Waals surface area contributed by atoms with Crippen LogP contribution in [-0.4, -0.2) is 19.4 Å². The minimum Gasteiger partial charge on any atom is -0.393 e. The fraction of sp³-hybridized carbons (Fsp3) is 0.455. The Bertz CT molecular complexity index is 567. The standard InChI is InChI=1S/C11H17N3O4S/c1-3-8(4-2)13-19(17,18)9-5-6-11(14(15)16)10(12)7-9/h5-8,13H,3-4,12H2,1-2H3. The van der Waals surface area contributed by atoms with Crippen molar-refractivity contribution in [3.63, 3.8) is 0 Å². The highest BCUT2D eigenvalue weighted by atomic mass is 32.2. The fourth-order valence-corrected chi connectivity index (χ4v) is 3.05. The van der Waals surface area contributed by atoms with Gasteiger partial charge in [0, 0.05) is 12.1 Å². The molecule has 0 unspecified atom stereocenters. The molecule has 0 spiro atoms.